The molecule has 0 aliphatic heterocycles. The molecule has 0 fully saturated rings. The van der Waals surface area contributed by atoms with E-state index in [9.17, 15) is 9.90 Å². The number of pyridine rings is 1. The highest BCUT2D eigenvalue weighted by Crippen LogP contribution is 2.19. The minimum atomic E-state index is -0.672. The van der Waals surface area contributed by atoms with Crippen molar-refractivity contribution < 1.29 is 5.11 Å². The zero-order chi connectivity index (χ0) is 17.6. The first-order chi connectivity index (χ1) is 12.1. The summed E-state index contributed by atoms with van der Waals surface area (Å²) in [6.45, 7) is 1.19. The van der Waals surface area contributed by atoms with Gasteiger partial charge in [-0.25, -0.2) is 0 Å². The average Bonchev–Trinajstić information content (AvgIpc) is 2.64. The zero-order valence-corrected chi connectivity index (χ0v) is 14.2. The molecule has 0 bridgehead atoms. The lowest BCUT2D eigenvalue weighted by atomic mass is 10.1. The third-order valence-electron chi connectivity index (χ3n) is 4.22. The second kappa shape index (κ2) is 7.92. The van der Waals surface area contributed by atoms with Crippen molar-refractivity contribution in [1.82, 2.24) is 9.47 Å². The van der Waals surface area contributed by atoms with Crippen LogP contribution in [0.3, 0.4) is 0 Å². The maximum absolute atomic E-state index is 11.8. The maximum atomic E-state index is 11.8. The Labute approximate surface area is 147 Å². The van der Waals surface area contributed by atoms with E-state index in [1.54, 1.807) is 22.9 Å². The van der Waals surface area contributed by atoms with Crippen LogP contribution in [-0.4, -0.2) is 21.6 Å². The molecule has 4 heteroatoms. The number of aliphatic hydroxyl groups is 1. The standard InChI is InChI=1S/C21H22N2O2/c1-22(15-17-7-3-2-4-8-17)21(25)19-12-10-18(11-13-19)16-23-14-6-5-9-20(23)24/h2-14,21,25H,15-16H2,1H3. The molecular formula is C21H22N2O2. The van der Waals surface area contributed by atoms with Crippen molar-refractivity contribution in [3.8, 4) is 0 Å². The first-order valence-electron chi connectivity index (χ1n) is 8.30. The van der Waals surface area contributed by atoms with E-state index in [2.05, 4.69) is 0 Å². The lowest BCUT2D eigenvalue weighted by molar-refractivity contribution is 0.0152. The van der Waals surface area contributed by atoms with Crippen LogP contribution >= 0.6 is 0 Å². The van der Waals surface area contributed by atoms with Gasteiger partial charge in [0.2, 0.25) is 0 Å². The molecule has 1 unspecified atom stereocenters. The van der Waals surface area contributed by atoms with Crippen LogP contribution in [0.25, 0.3) is 0 Å². The number of hydrogen-bond donors (Lipinski definition) is 1. The van der Waals surface area contributed by atoms with Crippen molar-refractivity contribution in [3.63, 3.8) is 0 Å². The lowest BCUT2D eigenvalue weighted by Gasteiger charge is -2.24. The smallest absolute Gasteiger partial charge is 0.250 e. The van der Waals surface area contributed by atoms with Crippen LogP contribution in [0, 0.1) is 0 Å². The Morgan fingerprint density at radius 3 is 2.28 bits per heavy atom. The molecule has 0 saturated carbocycles. The van der Waals surface area contributed by atoms with Gasteiger partial charge < -0.3 is 9.67 Å². The molecular weight excluding hydrogens is 312 g/mol. The fourth-order valence-electron chi connectivity index (χ4n) is 2.80. The third kappa shape index (κ3) is 4.44. The highest BCUT2D eigenvalue weighted by atomic mass is 16.3. The van der Waals surface area contributed by atoms with Gasteiger partial charge in [-0.2, -0.15) is 0 Å². The summed E-state index contributed by atoms with van der Waals surface area (Å²) < 4.78 is 1.66. The van der Waals surface area contributed by atoms with Gasteiger partial charge in [0, 0.05) is 18.8 Å². The molecule has 3 rings (SSSR count). The molecule has 0 spiro atoms. The van der Waals surface area contributed by atoms with Crippen LogP contribution < -0.4 is 5.56 Å². The van der Waals surface area contributed by atoms with E-state index in [1.807, 2.05) is 72.6 Å². The number of aliphatic hydroxyl groups excluding tert-OH is 1. The van der Waals surface area contributed by atoms with Crippen LogP contribution in [0.1, 0.15) is 22.9 Å². The molecule has 128 valence electrons. The van der Waals surface area contributed by atoms with E-state index in [-0.39, 0.29) is 5.56 Å². The monoisotopic (exact) mass is 334 g/mol. The van der Waals surface area contributed by atoms with Crippen molar-refractivity contribution in [2.75, 3.05) is 7.05 Å². The fraction of sp³-hybridized carbons (Fsp3) is 0.190. The third-order valence-corrected chi connectivity index (χ3v) is 4.22. The van der Waals surface area contributed by atoms with Gasteiger partial charge in [-0.15, -0.1) is 0 Å². The molecule has 0 aliphatic carbocycles. The molecule has 2 aromatic carbocycles. The second-order valence-corrected chi connectivity index (χ2v) is 6.18. The SMILES string of the molecule is CN(Cc1ccccc1)C(O)c1ccc(Cn2ccccc2=O)cc1. The van der Waals surface area contributed by atoms with Gasteiger partial charge in [0.15, 0.2) is 0 Å². The summed E-state index contributed by atoms with van der Waals surface area (Å²) >= 11 is 0. The first-order valence-corrected chi connectivity index (χ1v) is 8.30. The second-order valence-electron chi connectivity index (χ2n) is 6.18. The van der Waals surface area contributed by atoms with Crippen LogP contribution in [0.4, 0.5) is 0 Å². The fourth-order valence-corrected chi connectivity index (χ4v) is 2.80. The largest absolute Gasteiger partial charge is 0.374 e. The predicted octanol–water partition coefficient (Wildman–Crippen LogP) is 3.02. The average molecular weight is 334 g/mol. The van der Waals surface area contributed by atoms with Crippen LogP contribution in [-0.2, 0) is 13.1 Å². The molecule has 0 radical (unpaired) electrons. The van der Waals surface area contributed by atoms with Gasteiger partial charge in [0.1, 0.15) is 6.23 Å². The van der Waals surface area contributed by atoms with Crippen molar-refractivity contribution in [3.05, 3.63) is 106 Å². The highest BCUT2D eigenvalue weighted by Gasteiger charge is 2.13. The van der Waals surface area contributed by atoms with E-state index in [0.717, 1.165) is 16.7 Å². The first kappa shape index (κ1) is 17.1. The van der Waals surface area contributed by atoms with Gasteiger partial charge in [-0.3, -0.25) is 9.69 Å². The highest BCUT2D eigenvalue weighted by molar-refractivity contribution is 5.24. The van der Waals surface area contributed by atoms with E-state index in [1.165, 1.54) is 0 Å². The number of benzene rings is 2. The van der Waals surface area contributed by atoms with E-state index >= 15 is 0 Å². The Kier molecular flexibility index (Phi) is 5.43. The summed E-state index contributed by atoms with van der Waals surface area (Å²) in [7, 11) is 1.90. The van der Waals surface area contributed by atoms with Crippen LogP contribution in [0.5, 0.6) is 0 Å². The van der Waals surface area contributed by atoms with Gasteiger partial charge in [-0.1, -0.05) is 60.7 Å². The van der Waals surface area contributed by atoms with E-state index in [4.69, 9.17) is 0 Å². The van der Waals surface area contributed by atoms with Crippen molar-refractivity contribution in [1.29, 1.82) is 0 Å². The Balaban J connectivity index is 1.67. The van der Waals surface area contributed by atoms with Gasteiger partial charge >= 0.3 is 0 Å². The summed E-state index contributed by atoms with van der Waals surface area (Å²) in [6.07, 6.45) is 1.10. The van der Waals surface area contributed by atoms with Gasteiger partial charge in [0.05, 0.1) is 6.54 Å². The molecule has 1 aromatic heterocycles. The lowest BCUT2D eigenvalue weighted by Crippen LogP contribution is -2.24. The normalized spacial score (nSPS) is 12.3. The van der Waals surface area contributed by atoms with Crippen LogP contribution in [0.2, 0.25) is 0 Å². The summed E-state index contributed by atoms with van der Waals surface area (Å²) in [5.74, 6) is 0. The van der Waals surface area contributed by atoms with Crippen LogP contribution in [0.15, 0.2) is 83.8 Å². The molecule has 1 N–H and O–H groups in total. The Morgan fingerprint density at radius 2 is 1.60 bits per heavy atom. The predicted molar refractivity (Wildman–Crippen MR) is 99.1 cm³/mol. The molecule has 1 heterocycles. The molecule has 0 aliphatic rings. The zero-order valence-electron chi connectivity index (χ0n) is 14.2. The number of nitrogens with zero attached hydrogens (tertiary/aromatic N) is 2. The van der Waals surface area contributed by atoms with E-state index < -0.39 is 6.23 Å². The number of aromatic nitrogens is 1. The molecule has 3 aromatic rings. The van der Waals surface area contributed by atoms with Gasteiger partial charge in [-0.05, 0) is 29.8 Å². The Hall–Kier alpha value is -2.69. The quantitative estimate of drug-likeness (QED) is 0.705. The van der Waals surface area contributed by atoms with E-state index in [0.29, 0.717) is 13.1 Å². The Bertz CT molecular complexity index is 857. The molecule has 0 amide bonds. The summed E-state index contributed by atoms with van der Waals surface area (Å²) in [5.41, 5.74) is 3.00. The van der Waals surface area contributed by atoms with Crippen molar-refractivity contribution in [2.45, 2.75) is 19.3 Å². The number of hydrogen-bond acceptors (Lipinski definition) is 3. The molecule has 25 heavy (non-hydrogen) atoms. The Morgan fingerprint density at radius 1 is 0.920 bits per heavy atom. The minimum Gasteiger partial charge on any atom is -0.374 e. The maximum Gasteiger partial charge on any atom is 0.250 e. The molecule has 4 nitrogen and oxygen atoms in total. The summed E-state index contributed by atoms with van der Waals surface area (Å²) in [4.78, 5) is 13.7. The molecule has 0 saturated heterocycles. The summed E-state index contributed by atoms with van der Waals surface area (Å²) in [5, 5.41) is 10.5. The van der Waals surface area contributed by atoms with Crippen molar-refractivity contribution in [2.24, 2.45) is 0 Å². The van der Waals surface area contributed by atoms with Gasteiger partial charge in [0.25, 0.3) is 5.56 Å². The summed E-state index contributed by atoms with van der Waals surface area (Å²) in [6, 6.07) is 22.9. The van der Waals surface area contributed by atoms with Crippen molar-refractivity contribution >= 4 is 0 Å². The molecule has 1 atom stereocenters. The number of rotatable bonds is 6. The minimum absolute atomic E-state index is 0.0193. The topological polar surface area (TPSA) is 45.5 Å².